The minimum absolute atomic E-state index is 0.159. The molecule has 1 amide bonds. The van der Waals surface area contributed by atoms with Crippen molar-refractivity contribution in [3.05, 3.63) is 57.3 Å². The smallest absolute Gasteiger partial charge is 0.258 e. The molecule has 0 spiro atoms. The van der Waals surface area contributed by atoms with Gasteiger partial charge in [-0.1, -0.05) is 23.2 Å². The number of hydrogen-bond acceptors (Lipinski definition) is 10. The minimum Gasteiger partial charge on any atom is -0.495 e. The molecule has 5 rings (SSSR count). The Balaban J connectivity index is 1.39. The fraction of sp³-hybridized carbons (Fsp3) is 0.280. The number of hydrogen-bond donors (Lipinski definition) is 2. The van der Waals surface area contributed by atoms with Gasteiger partial charge in [0.2, 0.25) is 0 Å². The van der Waals surface area contributed by atoms with Crippen molar-refractivity contribution in [1.82, 2.24) is 19.9 Å². The highest BCUT2D eigenvalue weighted by Crippen LogP contribution is 2.44. The molecule has 1 saturated heterocycles. The topological polar surface area (TPSA) is 111 Å². The maximum Gasteiger partial charge on any atom is 0.258 e. The zero-order valence-corrected chi connectivity index (χ0v) is 22.9. The number of halogens is 2. The molecule has 4 heterocycles. The van der Waals surface area contributed by atoms with Gasteiger partial charge in [-0.3, -0.25) is 9.69 Å². The van der Waals surface area contributed by atoms with E-state index in [0.29, 0.717) is 38.9 Å². The van der Waals surface area contributed by atoms with Crippen molar-refractivity contribution in [2.24, 2.45) is 0 Å². The Morgan fingerprint density at radius 2 is 1.84 bits per heavy atom. The van der Waals surface area contributed by atoms with Crippen LogP contribution in [0.2, 0.25) is 10.0 Å². The number of nitrogens with zero attached hydrogens (tertiary/aromatic N) is 4. The average molecular weight is 575 g/mol. The van der Waals surface area contributed by atoms with E-state index in [4.69, 9.17) is 37.4 Å². The number of carbonyl (C=O) groups is 1. The number of thiophene rings is 1. The number of methoxy groups -OCH3 is 2. The molecular weight excluding hydrogens is 551 g/mol. The molecule has 13 heteroatoms. The summed E-state index contributed by atoms with van der Waals surface area (Å²) in [7, 11) is 2.93. The van der Waals surface area contributed by atoms with E-state index in [-0.39, 0.29) is 15.7 Å². The van der Waals surface area contributed by atoms with Gasteiger partial charge in [-0.2, -0.15) is 0 Å². The normalized spacial score (nSPS) is 13.9. The van der Waals surface area contributed by atoms with Gasteiger partial charge in [-0.15, -0.1) is 11.3 Å². The van der Waals surface area contributed by atoms with Crippen LogP contribution in [0.5, 0.6) is 11.5 Å². The first-order valence-corrected chi connectivity index (χ1v) is 13.3. The number of anilines is 3. The first kappa shape index (κ1) is 26.4. The summed E-state index contributed by atoms with van der Waals surface area (Å²) in [4.78, 5) is 28.8. The molecule has 0 bridgehead atoms. The maximum absolute atomic E-state index is 13.3. The molecule has 10 nitrogen and oxygen atoms in total. The van der Waals surface area contributed by atoms with Crippen LogP contribution in [0.15, 0.2) is 36.1 Å². The van der Waals surface area contributed by atoms with Crippen LogP contribution in [0.4, 0.5) is 17.3 Å². The maximum atomic E-state index is 13.3. The molecule has 0 radical (unpaired) electrons. The van der Waals surface area contributed by atoms with Crippen molar-refractivity contribution in [2.75, 3.05) is 51.2 Å². The van der Waals surface area contributed by atoms with Crippen LogP contribution in [0.25, 0.3) is 10.2 Å². The van der Waals surface area contributed by atoms with E-state index in [1.165, 1.54) is 31.9 Å². The number of fused-ring (bicyclic) bond motifs is 1. The monoisotopic (exact) mass is 574 g/mol. The van der Waals surface area contributed by atoms with Crippen LogP contribution in [0.3, 0.4) is 0 Å². The van der Waals surface area contributed by atoms with E-state index in [1.54, 1.807) is 17.6 Å². The lowest BCUT2D eigenvalue weighted by molar-refractivity contribution is 0.0342. The number of nitrogens with one attached hydrogen (secondary N) is 2. The van der Waals surface area contributed by atoms with E-state index in [1.807, 2.05) is 12.1 Å². The summed E-state index contributed by atoms with van der Waals surface area (Å²) in [5, 5.41) is 8.07. The Hall–Kier alpha value is -3.22. The molecule has 3 aromatic heterocycles. The predicted octanol–water partition coefficient (Wildman–Crippen LogP) is 5.24. The summed E-state index contributed by atoms with van der Waals surface area (Å²) >= 11 is 14.2. The fourth-order valence-electron chi connectivity index (χ4n) is 4.06. The van der Waals surface area contributed by atoms with Gasteiger partial charge in [0, 0.05) is 37.3 Å². The number of morpholine rings is 1. The molecule has 0 atom stereocenters. The zero-order chi connectivity index (χ0) is 26.6. The Morgan fingerprint density at radius 1 is 1.11 bits per heavy atom. The summed E-state index contributed by atoms with van der Waals surface area (Å²) in [5.41, 5.74) is 2.14. The lowest BCUT2D eigenvalue weighted by atomic mass is 10.2. The first-order chi connectivity index (χ1) is 18.5. The fourth-order valence-corrected chi connectivity index (χ4v) is 5.60. The second kappa shape index (κ2) is 11.7. The number of amides is 1. The Bertz CT molecular complexity index is 1450. The van der Waals surface area contributed by atoms with Gasteiger partial charge in [0.15, 0.2) is 5.82 Å². The minimum atomic E-state index is -0.439. The molecule has 1 aliphatic heterocycles. The molecule has 0 aliphatic carbocycles. The summed E-state index contributed by atoms with van der Waals surface area (Å²) in [6, 6.07) is 5.54. The molecule has 198 valence electrons. The summed E-state index contributed by atoms with van der Waals surface area (Å²) < 4.78 is 16.7. The van der Waals surface area contributed by atoms with Crippen molar-refractivity contribution in [3.63, 3.8) is 0 Å². The molecular formula is C25H24Cl2N6O4S. The number of carbonyl (C=O) groups excluding carboxylic acids is 1. The molecule has 38 heavy (non-hydrogen) atoms. The summed E-state index contributed by atoms with van der Waals surface area (Å²) in [5.74, 6) is 1.39. The third-order valence-electron chi connectivity index (χ3n) is 5.99. The second-order valence-corrected chi connectivity index (χ2v) is 9.99. The molecule has 1 fully saturated rings. The summed E-state index contributed by atoms with van der Waals surface area (Å²) in [6.07, 6.45) is 3.17. The average Bonchev–Trinajstić information content (AvgIpc) is 3.37. The van der Waals surface area contributed by atoms with Crippen LogP contribution in [-0.2, 0) is 11.3 Å². The van der Waals surface area contributed by atoms with Gasteiger partial charge in [-0.25, -0.2) is 15.0 Å². The number of rotatable bonds is 8. The Morgan fingerprint density at radius 3 is 2.55 bits per heavy atom. The van der Waals surface area contributed by atoms with E-state index in [0.717, 1.165) is 38.4 Å². The third kappa shape index (κ3) is 5.47. The number of aromatic nitrogens is 3. The van der Waals surface area contributed by atoms with Gasteiger partial charge in [0.1, 0.15) is 33.7 Å². The third-order valence-corrected chi connectivity index (χ3v) is 7.72. The molecule has 4 aromatic rings. The first-order valence-electron chi connectivity index (χ1n) is 11.6. The molecule has 0 unspecified atom stereocenters. The van der Waals surface area contributed by atoms with Crippen LogP contribution in [-0.4, -0.2) is 66.3 Å². The van der Waals surface area contributed by atoms with E-state index in [2.05, 4.69) is 30.5 Å². The Labute approximate surface area is 232 Å². The number of benzene rings is 1. The highest BCUT2D eigenvalue weighted by atomic mass is 35.5. The van der Waals surface area contributed by atoms with Gasteiger partial charge < -0.3 is 24.8 Å². The van der Waals surface area contributed by atoms with E-state index in [9.17, 15) is 4.79 Å². The van der Waals surface area contributed by atoms with Crippen LogP contribution < -0.4 is 20.1 Å². The van der Waals surface area contributed by atoms with Crippen molar-refractivity contribution in [1.29, 1.82) is 0 Å². The summed E-state index contributed by atoms with van der Waals surface area (Å²) in [6.45, 7) is 4.09. The molecule has 2 N–H and O–H groups in total. The van der Waals surface area contributed by atoms with Gasteiger partial charge in [0.25, 0.3) is 5.91 Å². The van der Waals surface area contributed by atoms with Crippen molar-refractivity contribution < 1.29 is 19.0 Å². The lowest BCUT2D eigenvalue weighted by Crippen LogP contribution is -2.35. The quantitative estimate of drug-likeness (QED) is 0.292. The lowest BCUT2D eigenvalue weighted by Gasteiger charge is -2.26. The molecule has 1 aliphatic rings. The van der Waals surface area contributed by atoms with Crippen LogP contribution in [0, 0.1) is 0 Å². The largest absolute Gasteiger partial charge is 0.495 e. The van der Waals surface area contributed by atoms with Gasteiger partial charge in [-0.05, 0) is 17.7 Å². The zero-order valence-electron chi connectivity index (χ0n) is 20.6. The Kier molecular flexibility index (Phi) is 8.10. The highest BCUT2D eigenvalue weighted by Gasteiger charge is 2.22. The second-order valence-electron chi connectivity index (χ2n) is 8.35. The standard InChI is InChI=1S/C25H24Cl2N6O4S/c1-35-16-10-17(36-2)20(27)22(19(16)26)32-25(34)15-12-38-23-21(15)29-13-30-24(23)31-18-9-14(3-4-28-18)11-33-5-7-37-8-6-33/h3-4,9-10,12-13H,5-8,11H2,1-2H3,(H,32,34)(H,28,29,30,31). The van der Waals surface area contributed by atoms with Crippen LogP contribution >= 0.6 is 34.5 Å². The molecule has 0 saturated carbocycles. The van der Waals surface area contributed by atoms with Crippen molar-refractivity contribution in [3.8, 4) is 11.5 Å². The highest BCUT2D eigenvalue weighted by molar-refractivity contribution is 7.18. The van der Waals surface area contributed by atoms with E-state index < -0.39 is 5.91 Å². The van der Waals surface area contributed by atoms with Crippen LogP contribution in [0.1, 0.15) is 15.9 Å². The molecule has 1 aromatic carbocycles. The van der Waals surface area contributed by atoms with Gasteiger partial charge in [0.05, 0.1) is 48.9 Å². The van der Waals surface area contributed by atoms with Crippen molar-refractivity contribution >= 4 is 68.0 Å². The van der Waals surface area contributed by atoms with Crippen molar-refractivity contribution in [2.45, 2.75) is 6.54 Å². The number of pyridine rings is 1. The number of ether oxygens (including phenoxy) is 3. The van der Waals surface area contributed by atoms with Gasteiger partial charge >= 0.3 is 0 Å². The predicted molar refractivity (Wildman–Crippen MR) is 149 cm³/mol. The SMILES string of the molecule is COc1cc(OC)c(Cl)c(NC(=O)c2csc3c(Nc4cc(CN5CCOCC5)ccn4)ncnc23)c1Cl. The van der Waals surface area contributed by atoms with E-state index >= 15 is 0 Å².